The highest BCUT2D eigenvalue weighted by atomic mass is 16.1. The summed E-state index contributed by atoms with van der Waals surface area (Å²) in [5.41, 5.74) is 3.33. The van der Waals surface area contributed by atoms with Crippen molar-refractivity contribution in [3.63, 3.8) is 0 Å². The van der Waals surface area contributed by atoms with Gasteiger partial charge in [-0.25, -0.2) is 4.98 Å². The number of anilines is 1. The van der Waals surface area contributed by atoms with Gasteiger partial charge >= 0.3 is 0 Å². The summed E-state index contributed by atoms with van der Waals surface area (Å²) in [5, 5.41) is 2.91. The number of hydrogen-bond donors (Lipinski definition) is 2. The van der Waals surface area contributed by atoms with Crippen LogP contribution in [0.2, 0.25) is 0 Å². The molecule has 1 aliphatic heterocycles. The lowest BCUT2D eigenvalue weighted by molar-refractivity contribution is -0.115. The molecular formula is C21H30N4O. The lowest BCUT2D eigenvalue weighted by atomic mass is 9.90. The number of H-pyrrole nitrogens is 1. The fourth-order valence-electron chi connectivity index (χ4n) is 3.74. The summed E-state index contributed by atoms with van der Waals surface area (Å²) in [5.74, 6) is 1.16. The summed E-state index contributed by atoms with van der Waals surface area (Å²) in [6.07, 6.45) is 10.9. The molecule has 1 fully saturated rings. The molecule has 1 aliphatic rings. The number of carbonyl (C=O) groups is 1. The van der Waals surface area contributed by atoms with Gasteiger partial charge in [0.15, 0.2) is 0 Å². The predicted molar refractivity (Wildman–Crippen MR) is 107 cm³/mol. The van der Waals surface area contributed by atoms with Crippen LogP contribution in [-0.2, 0) is 4.79 Å². The quantitative estimate of drug-likeness (QED) is 0.722. The first kappa shape index (κ1) is 18.6. The second kappa shape index (κ2) is 8.99. The van der Waals surface area contributed by atoms with Crippen molar-refractivity contribution in [1.82, 2.24) is 14.9 Å². The first-order valence-electron chi connectivity index (χ1n) is 9.86. The van der Waals surface area contributed by atoms with Crippen LogP contribution < -0.4 is 5.32 Å². The van der Waals surface area contributed by atoms with Crippen molar-refractivity contribution in [2.24, 2.45) is 0 Å². The van der Waals surface area contributed by atoms with Crippen LogP contribution in [0.25, 0.3) is 11.0 Å². The van der Waals surface area contributed by atoms with E-state index in [4.69, 9.17) is 4.98 Å². The van der Waals surface area contributed by atoms with E-state index in [-0.39, 0.29) is 5.91 Å². The van der Waals surface area contributed by atoms with E-state index in [9.17, 15) is 4.79 Å². The number of fused-ring (bicyclic) bond motifs is 1. The fraction of sp³-hybridized carbons (Fsp3) is 0.524. The van der Waals surface area contributed by atoms with Crippen LogP contribution in [0.3, 0.4) is 0 Å². The van der Waals surface area contributed by atoms with Crippen LogP contribution in [0.5, 0.6) is 0 Å². The van der Waals surface area contributed by atoms with Crippen molar-refractivity contribution >= 4 is 22.8 Å². The molecule has 0 aliphatic carbocycles. The van der Waals surface area contributed by atoms with Gasteiger partial charge in [0.2, 0.25) is 5.91 Å². The zero-order chi connectivity index (χ0) is 18.4. The molecule has 0 aromatic carbocycles. The number of allylic oxidation sites excluding steroid dienone is 1. The van der Waals surface area contributed by atoms with Crippen LogP contribution in [0.4, 0.5) is 5.82 Å². The molecule has 0 atom stereocenters. The Labute approximate surface area is 155 Å². The lowest BCUT2D eigenvalue weighted by Gasteiger charge is -2.31. The number of amides is 1. The number of aromatic nitrogens is 2. The van der Waals surface area contributed by atoms with E-state index < -0.39 is 0 Å². The summed E-state index contributed by atoms with van der Waals surface area (Å²) in [6, 6.07) is 3.88. The molecule has 140 valence electrons. The Kier molecular flexibility index (Phi) is 6.45. The Hall–Kier alpha value is -2.14. The minimum atomic E-state index is -0.0218. The SMILES string of the molecule is CCC=CCC(=O)Nc1ccc2[nH]cc(C3CCN(CCC)CC3)c2n1. The average molecular weight is 354 g/mol. The maximum absolute atomic E-state index is 12.0. The second-order valence-electron chi connectivity index (χ2n) is 7.08. The Morgan fingerprint density at radius 2 is 2.12 bits per heavy atom. The Balaban J connectivity index is 1.70. The van der Waals surface area contributed by atoms with Crippen molar-refractivity contribution < 1.29 is 4.79 Å². The highest BCUT2D eigenvalue weighted by molar-refractivity contribution is 5.92. The molecule has 5 nitrogen and oxygen atoms in total. The molecule has 5 heteroatoms. The summed E-state index contributed by atoms with van der Waals surface area (Å²) < 4.78 is 0. The third kappa shape index (κ3) is 4.52. The van der Waals surface area contributed by atoms with Gasteiger partial charge in [-0.05, 0) is 68.9 Å². The summed E-state index contributed by atoms with van der Waals surface area (Å²) in [4.78, 5) is 22.7. The molecule has 1 saturated heterocycles. The van der Waals surface area contributed by atoms with Gasteiger partial charge in [-0.1, -0.05) is 26.0 Å². The topological polar surface area (TPSA) is 61.0 Å². The maximum atomic E-state index is 12.0. The molecule has 3 heterocycles. The molecule has 0 spiro atoms. The molecular weight excluding hydrogens is 324 g/mol. The number of piperidine rings is 1. The minimum Gasteiger partial charge on any atom is -0.360 e. The number of aromatic amines is 1. The van der Waals surface area contributed by atoms with E-state index in [1.165, 1.54) is 31.4 Å². The van der Waals surface area contributed by atoms with Crippen LogP contribution in [0.1, 0.15) is 57.4 Å². The molecule has 26 heavy (non-hydrogen) atoms. The zero-order valence-electron chi connectivity index (χ0n) is 15.9. The highest BCUT2D eigenvalue weighted by Gasteiger charge is 2.23. The van der Waals surface area contributed by atoms with Gasteiger partial charge in [0, 0.05) is 12.6 Å². The van der Waals surface area contributed by atoms with Crippen molar-refractivity contribution in [2.75, 3.05) is 25.0 Å². The number of nitrogens with one attached hydrogen (secondary N) is 2. The number of nitrogens with zero attached hydrogens (tertiary/aromatic N) is 2. The first-order chi connectivity index (χ1) is 12.7. The van der Waals surface area contributed by atoms with E-state index in [0.29, 0.717) is 18.2 Å². The van der Waals surface area contributed by atoms with Gasteiger partial charge in [0.25, 0.3) is 0 Å². The standard InChI is InChI=1S/C21H30N4O/c1-3-5-6-7-20(26)23-19-9-8-18-21(24-19)17(15-22-18)16-10-13-25(12-4-2)14-11-16/h5-6,8-9,15-16,22H,3-4,7,10-14H2,1-2H3,(H,23,24,26). The van der Waals surface area contributed by atoms with Gasteiger partial charge < -0.3 is 15.2 Å². The summed E-state index contributed by atoms with van der Waals surface area (Å²) >= 11 is 0. The largest absolute Gasteiger partial charge is 0.360 e. The predicted octanol–water partition coefficient (Wildman–Crippen LogP) is 4.45. The Morgan fingerprint density at radius 3 is 2.85 bits per heavy atom. The van der Waals surface area contributed by atoms with Gasteiger partial charge in [0.05, 0.1) is 11.0 Å². The summed E-state index contributed by atoms with van der Waals surface area (Å²) in [6.45, 7) is 7.81. The molecule has 2 N–H and O–H groups in total. The van der Waals surface area contributed by atoms with Crippen molar-refractivity contribution in [1.29, 1.82) is 0 Å². The Morgan fingerprint density at radius 1 is 1.31 bits per heavy atom. The minimum absolute atomic E-state index is 0.0218. The number of carbonyl (C=O) groups excluding carboxylic acids is 1. The van der Waals surface area contributed by atoms with Crippen molar-refractivity contribution in [3.05, 3.63) is 36.0 Å². The molecule has 0 saturated carbocycles. The molecule has 1 amide bonds. The van der Waals surface area contributed by atoms with Crippen molar-refractivity contribution in [2.45, 2.75) is 51.9 Å². The summed E-state index contributed by atoms with van der Waals surface area (Å²) in [7, 11) is 0. The molecule has 0 unspecified atom stereocenters. The van der Waals surface area contributed by atoms with Gasteiger partial charge in [-0.2, -0.15) is 0 Å². The third-order valence-corrected chi connectivity index (χ3v) is 5.09. The maximum Gasteiger partial charge on any atom is 0.229 e. The van der Waals surface area contributed by atoms with E-state index >= 15 is 0 Å². The smallest absolute Gasteiger partial charge is 0.229 e. The highest BCUT2D eigenvalue weighted by Crippen LogP contribution is 2.32. The van der Waals surface area contributed by atoms with Gasteiger partial charge in [-0.3, -0.25) is 4.79 Å². The van der Waals surface area contributed by atoms with Gasteiger partial charge in [0.1, 0.15) is 5.82 Å². The van der Waals surface area contributed by atoms with Crippen molar-refractivity contribution in [3.8, 4) is 0 Å². The fourth-order valence-corrected chi connectivity index (χ4v) is 3.74. The molecule has 0 radical (unpaired) electrons. The number of pyridine rings is 1. The Bertz CT molecular complexity index is 756. The van der Waals surface area contributed by atoms with E-state index in [1.807, 2.05) is 24.3 Å². The molecule has 0 bridgehead atoms. The molecule has 2 aromatic rings. The number of rotatable bonds is 7. The zero-order valence-corrected chi connectivity index (χ0v) is 15.9. The van der Waals surface area contributed by atoms with Crippen LogP contribution in [0, 0.1) is 0 Å². The van der Waals surface area contributed by atoms with Crippen LogP contribution in [0.15, 0.2) is 30.5 Å². The van der Waals surface area contributed by atoms with E-state index in [0.717, 1.165) is 30.5 Å². The monoisotopic (exact) mass is 354 g/mol. The number of likely N-dealkylation sites (tertiary alicyclic amines) is 1. The normalized spacial score (nSPS) is 16.5. The molecule has 2 aromatic heterocycles. The van der Waals surface area contributed by atoms with E-state index in [1.54, 1.807) is 0 Å². The van der Waals surface area contributed by atoms with Crippen LogP contribution in [-0.4, -0.2) is 40.4 Å². The van der Waals surface area contributed by atoms with Crippen LogP contribution >= 0.6 is 0 Å². The van der Waals surface area contributed by atoms with E-state index in [2.05, 4.69) is 35.2 Å². The lowest BCUT2D eigenvalue weighted by Crippen LogP contribution is -2.33. The van der Waals surface area contributed by atoms with Gasteiger partial charge in [-0.15, -0.1) is 0 Å². The first-order valence-corrected chi connectivity index (χ1v) is 9.86. The average Bonchev–Trinajstić information content (AvgIpc) is 3.06. The molecule has 3 rings (SSSR count). The number of hydrogen-bond acceptors (Lipinski definition) is 3. The third-order valence-electron chi connectivity index (χ3n) is 5.09. The second-order valence-corrected chi connectivity index (χ2v) is 7.08.